The van der Waals surface area contributed by atoms with Crippen molar-refractivity contribution in [3.05, 3.63) is 93.8 Å². The Kier molecular flexibility index (Phi) is 6.70. The summed E-state index contributed by atoms with van der Waals surface area (Å²) in [4.78, 5) is 27.5. The highest BCUT2D eigenvalue weighted by molar-refractivity contribution is 6.35. The van der Waals surface area contributed by atoms with Crippen LogP contribution in [0.15, 0.2) is 60.7 Å². The Morgan fingerprint density at radius 1 is 1.12 bits per heavy atom. The quantitative estimate of drug-likeness (QED) is 0.504. The predicted octanol–water partition coefficient (Wildman–Crippen LogP) is 4.66. The summed E-state index contributed by atoms with van der Waals surface area (Å²) in [7, 11) is 0. The molecule has 0 radical (unpaired) electrons. The first-order valence-corrected chi connectivity index (χ1v) is 11.2. The zero-order valence-electron chi connectivity index (χ0n) is 18.5. The van der Waals surface area contributed by atoms with Crippen LogP contribution in [0.5, 0.6) is 0 Å². The van der Waals surface area contributed by atoms with E-state index in [-0.39, 0.29) is 35.0 Å². The van der Waals surface area contributed by atoms with Gasteiger partial charge in [0, 0.05) is 23.4 Å². The second kappa shape index (κ2) is 9.54. The molecule has 6 nitrogen and oxygen atoms in total. The van der Waals surface area contributed by atoms with Gasteiger partial charge in [0.2, 0.25) is 0 Å². The number of halogens is 2. The highest BCUT2D eigenvalue weighted by Gasteiger charge is 2.37. The number of rotatable bonds is 4. The molecule has 0 saturated carbocycles. The Morgan fingerprint density at radius 2 is 1.88 bits per heavy atom. The van der Waals surface area contributed by atoms with Gasteiger partial charge in [-0.1, -0.05) is 29.8 Å². The third-order valence-electron chi connectivity index (χ3n) is 6.08. The minimum atomic E-state index is -1.65. The van der Waals surface area contributed by atoms with Crippen LogP contribution in [0, 0.1) is 12.7 Å². The van der Waals surface area contributed by atoms with Crippen molar-refractivity contribution in [2.45, 2.75) is 25.4 Å². The molecule has 1 unspecified atom stereocenters. The number of nitrogens with one attached hydrogen (secondary N) is 1. The summed E-state index contributed by atoms with van der Waals surface area (Å²) in [5, 5.41) is 23.6. The molecule has 3 aromatic carbocycles. The van der Waals surface area contributed by atoms with E-state index in [4.69, 9.17) is 11.6 Å². The zero-order valence-corrected chi connectivity index (χ0v) is 19.3. The Morgan fingerprint density at radius 3 is 2.59 bits per heavy atom. The molecule has 2 amide bonds. The lowest BCUT2D eigenvalue weighted by molar-refractivity contribution is -0.0253. The van der Waals surface area contributed by atoms with Crippen molar-refractivity contribution in [1.82, 2.24) is 0 Å². The fourth-order valence-corrected chi connectivity index (χ4v) is 4.48. The van der Waals surface area contributed by atoms with Gasteiger partial charge >= 0.3 is 0 Å². The summed E-state index contributed by atoms with van der Waals surface area (Å²) in [6, 6.07) is 15.5. The van der Waals surface area contributed by atoms with E-state index in [0.717, 1.165) is 11.6 Å². The van der Waals surface area contributed by atoms with Crippen LogP contribution in [-0.2, 0) is 5.60 Å². The van der Waals surface area contributed by atoms with Crippen LogP contribution in [0.25, 0.3) is 0 Å². The zero-order chi connectivity index (χ0) is 24.5. The smallest absolute Gasteiger partial charge is 0.259 e. The molecule has 8 heteroatoms. The molecule has 0 aromatic heterocycles. The highest BCUT2D eigenvalue weighted by atomic mass is 35.5. The number of aliphatic hydroxyl groups excluding tert-OH is 1. The summed E-state index contributed by atoms with van der Waals surface area (Å²) < 4.78 is 14.0. The Bertz CT molecular complexity index is 1270. The molecule has 1 aliphatic rings. The van der Waals surface area contributed by atoms with E-state index in [9.17, 15) is 24.2 Å². The Labute approximate surface area is 201 Å². The fraction of sp³-hybridized carbons (Fsp3) is 0.231. The van der Waals surface area contributed by atoms with E-state index in [1.807, 2.05) is 19.1 Å². The lowest BCUT2D eigenvalue weighted by atomic mass is 9.89. The molecule has 0 fully saturated rings. The van der Waals surface area contributed by atoms with Crippen molar-refractivity contribution in [2.24, 2.45) is 0 Å². The normalized spacial score (nSPS) is 17.6. The van der Waals surface area contributed by atoms with E-state index < -0.39 is 23.9 Å². The lowest BCUT2D eigenvalue weighted by Gasteiger charge is -2.28. The molecule has 0 spiro atoms. The first-order valence-electron chi connectivity index (χ1n) is 10.9. The van der Waals surface area contributed by atoms with Gasteiger partial charge in [-0.25, -0.2) is 4.39 Å². The van der Waals surface area contributed by atoms with E-state index in [0.29, 0.717) is 23.4 Å². The van der Waals surface area contributed by atoms with Gasteiger partial charge in [-0.3, -0.25) is 9.59 Å². The number of hydrogen-bond donors (Lipinski definition) is 3. The minimum Gasteiger partial charge on any atom is -0.393 e. The number of hydrogen-bond acceptors (Lipinski definition) is 4. The molecular weight excluding hydrogens is 459 g/mol. The molecule has 34 heavy (non-hydrogen) atoms. The molecular formula is C26H24ClFN2O4. The van der Waals surface area contributed by atoms with Crippen molar-refractivity contribution in [2.75, 3.05) is 23.4 Å². The van der Waals surface area contributed by atoms with Gasteiger partial charge in [0.1, 0.15) is 11.4 Å². The van der Waals surface area contributed by atoms with Gasteiger partial charge in [-0.2, -0.15) is 0 Å². The predicted molar refractivity (Wildman–Crippen MR) is 129 cm³/mol. The van der Waals surface area contributed by atoms with Crippen LogP contribution in [-0.4, -0.2) is 35.2 Å². The van der Waals surface area contributed by atoms with Crippen LogP contribution in [0.1, 0.15) is 44.7 Å². The van der Waals surface area contributed by atoms with Crippen molar-refractivity contribution in [1.29, 1.82) is 0 Å². The second-order valence-electron chi connectivity index (χ2n) is 8.38. The SMILES string of the molecule is Cc1ccccc1C(=O)Nc1ccc(C(=O)N2CCCC(O)(CO)c3cc(F)ccc32)c(Cl)c1. The summed E-state index contributed by atoms with van der Waals surface area (Å²) in [6.45, 7) is 1.50. The number of nitrogens with zero attached hydrogens (tertiary/aromatic N) is 1. The third-order valence-corrected chi connectivity index (χ3v) is 6.39. The van der Waals surface area contributed by atoms with Crippen molar-refractivity contribution >= 4 is 34.8 Å². The van der Waals surface area contributed by atoms with Gasteiger partial charge in [0.15, 0.2) is 0 Å². The Balaban J connectivity index is 1.63. The fourth-order valence-electron chi connectivity index (χ4n) is 4.21. The van der Waals surface area contributed by atoms with Crippen LogP contribution in [0.4, 0.5) is 15.8 Å². The van der Waals surface area contributed by atoms with Gasteiger partial charge in [0.05, 0.1) is 22.9 Å². The average Bonchev–Trinajstić information content (AvgIpc) is 2.96. The number of amides is 2. The molecule has 176 valence electrons. The molecule has 3 N–H and O–H groups in total. The van der Waals surface area contributed by atoms with Crippen LogP contribution < -0.4 is 10.2 Å². The van der Waals surface area contributed by atoms with Gasteiger partial charge in [0.25, 0.3) is 11.8 Å². The first-order chi connectivity index (χ1) is 16.2. The topological polar surface area (TPSA) is 89.9 Å². The van der Waals surface area contributed by atoms with E-state index in [1.165, 1.54) is 29.2 Å². The van der Waals surface area contributed by atoms with Crippen molar-refractivity contribution in [3.63, 3.8) is 0 Å². The minimum absolute atomic E-state index is 0.137. The molecule has 0 aliphatic carbocycles. The maximum absolute atomic E-state index is 14.0. The summed E-state index contributed by atoms with van der Waals surface area (Å²) in [6.07, 6.45) is 0.558. The van der Waals surface area contributed by atoms with Gasteiger partial charge in [-0.05, 0) is 67.8 Å². The van der Waals surface area contributed by atoms with Crippen LogP contribution >= 0.6 is 11.6 Å². The number of anilines is 2. The van der Waals surface area contributed by atoms with E-state index >= 15 is 0 Å². The molecule has 1 atom stereocenters. The Hall–Kier alpha value is -3.26. The van der Waals surface area contributed by atoms with Gasteiger partial charge in [-0.15, -0.1) is 0 Å². The number of carbonyl (C=O) groups is 2. The van der Waals surface area contributed by atoms with Crippen LogP contribution in [0.3, 0.4) is 0 Å². The standard InChI is InChI=1S/C26H24ClFN2O4/c1-16-5-2-3-6-19(16)24(32)29-18-8-9-20(22(27)14-18)25(33)30-12-4-11-26(34,15-31)21-13-17(28)7-10-23(21)30/h2-3,5-10,13-14,31,34H,4,11-12,15H2,1H3,(H,29,32). The molecule has 1 heterocycles. The molecule has 3 aromatic rings. The maximum Gasteiger partial charge on any atom is 0.259 e. The van der Waals surface area contributed by atoms with Crippen LogP contribution in [0.2, 0.25) is 5.02 Å². The second-order valence-corrected chi connectivity index (χ2v) is 8.78. The number of aryl methyl sites for hydroxylation is 1. The van der Waals surface area contributed by atoms with Crippen molar-refractivity contribution in [3.8, 4) is 0 Å². The highest BCUT2D eigenvalue weighted by Crippen LogP contribution is 2.39. The number of aliphatic hydroxyl groups is 2. The summed E-state index contributed by atoms with van der Waals surface area (Å²) in [5.41, 5.74) is 0.802. The molecule has 4 rings (SSSR count). The lowest BCUT2D eigenvalue weighted by Crippen LogP contribution is -2.33. The summed E-state index contributed by atoms with van der Waals surface area (Å²) in [5.74, 6) is -1.30. The monoisotopic (exact) mass is 482 g/mol. The van der Waals surface area contributed by atoms with E-state index in [2.05, 4.69) is 5.32 Å². The number of benzene rings is 3. The molecule has 0 bridgehead atoms. The average molecular weight is 483 g/mol. The van der Waals surface area contributed by atoms with E-state index in [1.54, 1.807) is 18.2 Å². The molecule has 0 saturated heterocycles. The largest absolute Gasteiger partial charge is 0.393 e. The first kappa shape index (κ1) is 23.9. The maximum atomic E-state index is 14.0. The third kappa shape index (κ3) is 4.55. The summed E-state index contributed by atoms with van der Waals surface area (Å²) >= 11 is 6.43. The molecule has 1 aliphatic heterocycles. The number of fused-ring (bicyclic) bond motifs is 1. The van der Waals surface area contributed by atoms with Crippen molar-refractivity contribution < 1.29 is 24.2 Å². The van der Waals surface area contributed by atoms with Gasteiger partial charge < -0.3 is 20.4 Å². The number of carbonyl (C=O) groups excluding carboxylic acids is 2.